The Morgan fingerprint density at radius 3 is 2.67 bits per heavy atom. The van der Waals surface area contributed by atoms with Crippen LogP contribution in [0, 0.1) is 5.92 Å². The van der Waals surface area contributed by atoms with Crippen molar-refractivity contribution in [2.24, 2.45) is 5.92 Å². The number of hydrogen-bond donors (Lipinski definition) is 1. The van der Waals surface area contributed by atoms with E-state index in [4.69, 9.17) is 4.74 Å². The average molecular weight is 212 g/mol. The van der Waals surface area contributed by atoms with Gasteiger partial charge in [0.1, 0.15) is 0 Å². The van der Waals surface area contributed by atoms with E-state index in [2.05, 4.69) is 5.32 Å². The van der Waals surface area contributed by atoms with Gasteiger partial charge in [-0.15, -0.1) is 0 Å². The van der Waals surface area contributed by atoms with Crippen LogP contribution in [0.3, 0.4) is 0 Å². The molecule has 2 fully saturated rings. The molecule has 4 nitrogen and oxygen atoms in total. The van der Waals surface area contributed by atoms with E-state index < -0.39 is 0 Å². The predicted octanol–water partition coefficient (Wildman–Crippen LogP) is 0.235. The lowest BCUT2D eigenvalue weighted by Gasteiger charge is -2.29. The zero-order valence-electron chi connectivity index (χ0n) is 9.21. The van der Waals surface area contributed by atoms with Crippen LogP contribution in [0.5, 0.6) is 0 Å². The lowest BCUT2D eigenvalue weighted by molar-refractivity contribution is -0.135. The normalized spacial score (nSPS) is 22.5. The number of nitrogens with zero attached hydrogens (tertiary/aromatic N) is 1. The van der Waals surface area contributed by atoms with Gasteiger partial charge in [0.25, 0.3) is 0 Å². The highest BCUT2D eigenvalue weighted by Gasteiger charge is 2.19. The van der Waals surface area contributed by atoms with Crippen LogP contribution in [-0.4, -0.2) is 50.2 Å². The van der Waals surface area contributed by atoms with Gasteiger partial charge in [-0.05, 0) is 31.8 Å². The number of carbonyl (C=O) groups is 1. The Bertz CT molecular complexity index is 211. The van der Waals surface area contributed by atoms with Gasteiger partial charge in [-0.3, -0.25) is 4.79 Å². The van der Waals surface area contributed by atoms with Crippen LogP contribution in [0.1, 0.15) is 19.3 Å². The Balaban J connectivity index is 1.58. The second-order valence-electron chi connectivity index (χ2n) is 4.41. The van der Waals surface area contributed by atoms with E-state index in [0.29, 0.717) is 19.1 Å². The van der Waals surface area contributed by atoms with Crippen molar-refractivity contribution in [2.75, 3.05) is 39.4 Å². The first kappa shape index (κ1) is 10.9. The molecule has 0 aromatic rings. The molecule has 2 saturated heterocycles. The van der Waals surface area contributed by atoms with Gasteiger partial charge in [0.05, 0.1) is 13.2 Å². The van der Waals surface area contributed by atoms with Crippen LogP contribution < -0.4 is 5.32 Å². The highest BCUT2D eigenvalue weighted by molar-refractivity contribution is 5.76. The smallest absolute Gasteiger partial charge is 0.222 e. The minimum Gasteiger partial charge on any atom is -0.378 e. The molecule has 0 aliphatic carbocycles. The van der Waals surface area contributed by atoms with Gasteiger partial charge in [0, 0.05) is 19.5 Å². The van der Waals surface area contributed by atoms with Crippen LogP contribution in [0.2, 0.25) is 0 Å². The van der Waals surface area contributed by atoms with Crippen molar-refractivity contribution >= 4 is 5.91 Å². The maximum absolute atomic E-state index is 11.7. The minimum absolute atomic E-state index is 0.311. The molecule has 2 heterocycles. The fourth-order valence-corrected chi connectivity index (χ4v) is 2.07. The van der Waals surface area contributed by atoms with E-state index >= 15 is 0 Å². The molecule has 0 aromatic carbocycles. The van der Waals surface area contributed by atoms with E-state index in [1.54, 1.807) is 0 Å². The van der Waals surface area contributed by atoms with Crippen LogP contribution in [0.15, 0.2) is 0 Å². The lowest BCUT2D eigenvalue weighted by atomic mass is 9.96. The third-order valence-corrected chi connectivity index (χ3v) is 3.23. The number of morpholine rings is 1. The molecule has 86 valence electrons. The van der Waals surface area contributed by atoms with Crippen molar-refractivity contribution < 1.29 is 9.53 Å². The standard InChI is InChI=1S/C11H20N2O2/c14-11(13-4-6-15-7-5-13)3-1-2-10-8-12-9-10/h10,12H,1-9H2. The number of carbonyl (C=O) groups excluding carboxylic acids is 1. The first-order valence-electron chi connectivity index (χ1n) is 5.92. The van der Waals surface area contributed by atoms with Crippen LogP contribution >= 0.6 is 0 Å². The summed E-state index contributed by atoms with van der Waals surface area (Å²) in [5.74, 6) is 1.13. The third-order valence-electron chi connectivity index (χ3n) is 3.23. The van der Waals surface area contributed by atoms with Crippen molar-refractivity contribution in [2.45, 2.75) is 19.3 Å². The maximum atomic E-state index is 11.7. The molecule has 2 aliphatic rings. The van der Waals surface area contributed by atoms with E-state index in [-0.39, 0.29) is 0 Å². The molecule has 0 bridgehead atoms. The quantitative estimate of drug-likeness (QED) is 0.725. The molecule has 0 aromatic heterocycles. The Kier molecular flexibility index (Phi) is 3.97. The number of hydrogen-bond acceptors (Lipinski definition) is 3. The summed E-state index contributed by atoms with van der Waals surface area (Å²) in [6, 6.07) is 0. The summed E-state index contributed by atoms with van der Waals surface area (Å²) >= 11 is 0. The summed E-state index contributed by atoms with van der Waals surface area (Å²) in [5.41, 5.74) is 0. The molecule has 2 aliphatic heterocycles. The molecule has 1 amide bonds. The fraction of sp³-hybridized carbons (Fsp3) is 0.909. The first-order valence-corrected chi connectivity index (χ1v) is 5.92. The molecule has 0 saturated carbocycles. The van der Waals surface area contributed by atoms with Crippen LogP contribution in [0.25, 0.3) is 0 Å². The summed E-state index contributed by atoms with van der Waals surface area (Å²) in [6.07, 6.45) is 2.96. The highest BCUT2D eigenvalue weighted by atomic mass is 16.5. The zero-order chi connectivity index (χ0) is 10.5. The molecular weight excluding hydrogens is 192 g/mol. The lowest BCUT2D eigenvalue weighted by Crippen LogP contribution is -2.42. The predicted molar refractivity (Wildman–Crippen MR) is 57.6 cm³/mol. The molecular formula is C11H20N2O2. The topological polar surface area (TPSA) is 41.6 Å². The van der Waals surface area contributed by atoms with Crippen molar-refractivity contribution in [3.05, 3.63) is 0 Å². The van der Waals surface area contributed by atoms with E-state index in [0.717, 1.165) is 44.9 Å². The molecule has 4 heteroatoms. The number of ether oxygens (including phenoxy) is 1. The van der Waals surface area contributed by atoms with Gasteiger partial charge in [-0.2, -0.15) is 0 Å². The van der Waals surface area contributed by atoms with E-state index in [1.165, 1.54) is 6.42 Å². The summed E-state index contributed by atoms with van der Waals surface area (Å²) in [7, 11) is 0. The van der Waals surface area contributed by atoms with Crippen molar-refractivity contribution in [1.29, 1.82) is 0 Å². The molecule has 2 rings (SSSR count). The molecule has 1 N–H and O–H groups in total. The van der Waals surface area contributed by atoms with Crippen molar-refractivity contribution in [3.63, 3.8) is 0 Å². The second kappa shape index (κ2) is 5.47. The minimum atomic E-state index is 0.311. The largest absolute Gasteiger partial charge is 0.378 e. The number of rotatable bonds is 4. The zero-order valence-corrected chi connectivity index (χ0v) is 9.21. The number of nitrogens with one attached hydrogen (secondary N) is 1. The average Bonchev–Trinajstić information content (AvgIpc) is 2.23. The van der Waals surface area contributed by atoms with Crippen molar-refractivity contribution in [1.82, 2.24) is 10.2 Å². The van der Waals surface area contributed by atoms with Gasteiger partial charge in [0.15, 0.2) is 0 Å². The molecule has 0 spiro atoms. The fourth-order valence-electron chi connectivity index (χ4n) is 2.07. The summed E-state index contributed by atoms with van der Waals surface area (Å²) in [5, 5.41) is 3.25. The molecule has 0 radical (unpaired) electrons. The van der Waals surface area contributed by atoms with Gasteiger partial charge in [-0.1, -0.05) is 0 Å². The summed E-state index contributed by atoms with van der Waals surface area (Å²) in [4.78, 5) is 13.7. The molecule has 0 unspecified atom stereocenters. The van der Waals surface area contributed by atoms with E-state index in [9.17, 15) is 4.79 Å². The highest BCUT2D eigenvalue weighted by Crippen LogP contribution is 2.13. The van der Waals surface area contributed by atoms with Crippen LogP contribution in [-0.2, 0) is 9.53 Å². The summed E-state index contributed by atoms with van der Waals surface area (Å²) < 4.78 is 5.22. The Morgan fingerprint density at radius 1 is 1.33 bits per heavy atom. The SMILES string of the molecule is O=C(CCCC1CNC1)N1CCOCC1. The third kappa shape index (κ3) is 3.18. The van der Waals surface area contributed by atoms with Gasteiger partial charge >= 0.3 is 0 Å². The van der Waals surface area contributed by atoms with Crippen molar-refractivity contribution in [3.8, 4) is 0 Å². The van der Waals surface area contributed by atoms with Gasteiger partial charge < -0.3 is 15.0 Å². The Morgan fingerprint density at radius 2 is 2.07 bits per heavy atom. The number of amides is 1. The second-order valence-corrected chi connectivity index (χ2v) is 4.41. The molecule has 0 atom stereocenters. The monoisotopic (exact) mass is 212 g/mol. The molecule has 15 heavy (non-hydrogen) atoms. The van der Waals surface area contributed by atoms with E-state index in [1.807, 2.05) is 4.90 Å². The first-order chi connectivity index (χ1) is 7.36. The Hall–Kier alpha value is -0.610. The maximum Gasteiger partial charge on any atom is 0.222 e. The summed E-state index contributed by atoms with van der Waals surface area (Å²) in [6.45, 7) is 5.27. The van der Waals surface area contributed by atoms with Gasteiger partial charge in [-0.25, -0.2) is 0 Å². The van der Waals surface area contributed by atoms with Crippen LogP contribution in [0.4, 0.5) is 0 Å². The van der Waals surface area contributed by atoms with Gasteiger partial charge in [0.2, 0.25) is 5.91 Å². The Labute approximate surface area is 91.0 Å².